The number of nitrogens with one attached hydrogen (secondary N) is 1. The van der Waals surface area contributed by atoms with Crippen LogP contribution < -0.4 is 5.32 Å². The molecule has 1 atom stereocenters. The van der Waals surface area contributed by atoms with Gasteiger partial charge in [0.2, 0.25) is 0 Å². The lowest BCUT2D eigenvalue weighted by Gasteiger charge is -2.17. The molecule has 0 fully saturated rings. The molecule has 100 valence electrons. The van der Waals surface area contributed by atoms with Crippen molar-refractivity contribution in [2.75, 3.05) is 5.32 Å². The van der Waals surface area contributed by atoms with E-state index in [9.17, 15) is 5.11 Å². The first-order valence-corrected chi connectivity index (χ1v) is 6.36. The molecule has 2 aromatic carbocycles. The number of anilines is 1. The van der Waals surface area contributed by atoms with Gasteiger partial charge in [-0.05, 0) is 37.6 Å². The molecule has 0 aliphatic heterocycles. The summed E-state index contributed by atoms with van der Waals surface area (Å²) in [6, 6.07) is 13.2. The molecule has 0 heterocycles. The third-order valence-electron chi connectivity index (χ3n) is 3.17. The molecule has 2 rings (SSSR count). The summed E-state index contributed by atoms with van der Waals surface area (Å²) in [5, 5.41) is 22.2. The second-order valence-electron chi connectivity index (χ2n) is 4.78. The van der Waals surface area contributed by atoms with Crippen molar-refractivity contribution in [2.24, 2.45) is 0 Å². The third-order valence-corrected chi connectivity index (χ3v) is 3.17. The van der Waals surface area contributed by atoms with Gasteiger partial charge >= 0.3 is 0 Å². The number of rotatable bonds is 4. The Hall–Kier alpha value is -2.00. The molecule has 2 aromatic rings. The van der Waals surface area contributed by atoms with Crippen LogP contribution in [0, 0.1) is 6.92 Å². The predicted molar refractivity (Wildman–Crippen MR) is 77.2 cm³/mol. The fraction of sp³-hybridized carbons (Fsp3) is 0.250. The van der Waals surface area contributed by atoms with Crippen molar-refractivity contribution in [3.63, 3.8) is 0 Å². The molecule has 3 heteroatoms. The van der Waals surface area contributed by atoms with Gasteiger partial charge in [0.25, 0.3) is 0 Å². The summed E-state index contributed by atoms with van der Waals surface area (Å²) >= 11 is 0. The van der Waals surface area contributed by atoms with Crippen molar-refractivity contribution < 1.29 is 10.2 Å². The minimum absolute atomic E-state index is 0.0138. The number of hydrogen-bond acceptors (Lipinski definition) is 3. The van der Waals surface area contributed by atoms with Crippen molar-refractivity contribution in [1.29, 1.82) is 0 Å². The summed E-state index contributed by atoms with van der Waals surface area (Å²) in [6.07, 6.45) is 0. The average Bonchev–Trinajstić information content (AvgIpc) is 2.42. The van der Waals surface area contributed by atoms with E-state index in [-0.39, 0.29) is 12.6 Å². The highest BCUT2D eigenvalue weighted by Gasteiger charge is 2.10. The van der Waals surface area contributed by atoms with Crippen molar-refractivity contribution in [3.05, 3.63) is 59.2 Å². The van der Waals surface area contributed by atoms with E-state index in [0.717, 1.165) is 22.4 Å². The number of aryl methyl sites for hydroxylation is 1. The molecule has 0 spiro atoms. The minimum Gasteiger partial charge on any atom is -0.508 e. The van der Waals surface area contributed by atoms with E-state index >= 15 is 0 Å². The first-order chi connectivity index (χ1) is 9.10. The van der Waals surface area contributed by atoms with E-state index in [4.69, 9.17) is 5.11 Å². The average molecular weight is 257 g/mol. The Kier molecular flexibility index (Phi) is 4.07. The molecule has 3 nitrogen and oxygen atoms in total. The van der Waals surface area contributed by atoms with Gasteiger partial charge in [0, 0.05) is 11.3 Å². The first-order valence-electron chi connectivity index (χ1n) is 6.36. The maximum atomic E-state index is 9.89. The molecular weight excluding hydrogens is 238 g/mol. The maximum absolute atomic E-state index is 9.89. The summed E-state index contributed by atoms with van der Waals surface area (Å²) in [6.45, 7) is 4.06. The summed E-state index contributed by atoms with van der Waals surface area (Å²) in [5.41, 5.74) is 3.85. The highest BCUT2D eigenvalue weighted by molar-refractivity contribution is 5.49. The quantitative estimate of drug-likeness (QED) is 0.787. The van der Waals surface area contributed by atoms with Crippen molar-refractivity contribution in [3.8, 4) is 5.75 Å². The Balaban J connectivity index is 2.15. The molecule has 0 aromatic heterocycles. The van der Waals surface area contributed by atoms with Gasteiger partial charge in [-0.1, -0.05) is 29.8 Å². The zero-order chi connectivity index (χ0) is 13.8. The largest absolute Gasteiger partial charge is 0.508 e. The standard InChI is InChI=1S/C16H19NO2/c1-11-3-8-16(19)15(9-11)12(2)17-14-6-4-13(10-18)5-7-14/h3-9,12,17-19H,10H2,1-2H3. The second-order valence-corrected chi connectivity index (χ2v) is 4.78. The van der Waals surface area contributed by atoms with E-state index in [2.05, 4.69) is 5.32 Å². The Morgan fingerprint density at radius 3 is 2.42 bits per heavy atom. The van der Waals surface area contributed by atoms with Crippen LogP contribution in [-0.2, 0) is 6.61 Å². The Bertz CT molecular complexity index is 549. The molecule has 0 amide bonds. The number of aromatic hydroxyl groups is 1. The van der Waals surface area contributed by atoms with Crippen LogP contribution in [0.15, 0.2) is 42.5 Å². The van der Waals surface area contributed by atoms with Gasteiger partial charge in [-0.25, -0.2) is 0 Å². The Labute approximate surface area is 113 Å². The number of aliphatic hydroxyl groups excluding tert-OH is 1. The molecule has 0 bridgehead atoms. The van der Waals surface area contributed by atoms with Gasteiger partial charge in [-0.2, -0.15) is 0 Å². The van der Waals surface area contributed by atoms with Crippen LogP contribution in [0.4, 0.5) is 5.69 Å². The molecule has 3 N–H and O–H groups in total. The SMILES string of the molecule is Cc1ccc(O)c(C(C)Nc2ccc(CO)cc2)c1. The van der Waals surface area contributed by atoms with Gasteiger partial charge in [0.1, 0.15) is 5.75 Å². The minimum atomic E-state index is 0.0138. The smallest absolute Gasteiger partial charge is 0.120 e. The van der Waals surface area contributed by atoms with Gasteiger partial charge in [0.05, 0.1) is 12.6 Å². The van der Waals surface area contributed by atoms with Gasteiger partial charge in [-0.15, -0.1) is 0 Å². The van der Waals surface area contributed by atoms with Crippen molar-refractivity contribution in [1.82, 2.24) is 0 Å². The zero-order valence-corrected chi connectivity index (χ0v) is 11.2. The highest BCUT2D eigenvalue weighted by Crippen LogP contribution is 2.27. The van der Waals surface area contributed by atoms with Crippen LogP contribution in [0.5, 0.6) is 5.75 Å². The fourth-order valence-electron chi connectivity index (χ4n) is 2.05. The summed E-state index contributed by atoms with van der Waals surface area (Å²) in [5.74, 6) is 0.303. The monoisotopic (exact) mass is 257 g/mol. The molecule has 0 saturated carbocycles. The van der Waals surface area contributed by atoms with Crippen LogP contribution in [0.25, 0.3) is 0 Å². The lowest BCUT2D eigenvalue weighted by molar-refractivity contribution is 0.282. The van der Waals surface area contributed by atoms with Crippen LogP contribution >= 0.6 is 0 Å². The second kappa shape index (κ2) is 5.76. The molecule has 19 heavy (non-hydrogen) atoms. The molecular formula is C16H19NO2. The van der Waals surface area contributed by atoms with Crippen LogP contribution in [0.3, 0.4) is 0 Å². The van der Waals surface area contributed by atoms with E-state index in [0.29, 0.717) is 5.75 Å². The van der Waals surface area contributed by atoms with E-state index in [1.165, 1.54) is 0 Å². The number of benzene rings is 2. The molecule has 0 aliphatic rings. The Morgan fingerprint density at radius 1 is 1.11 bits per heavy atom. The normalized spacial score (nSPS) is 12.2. The number of phenolic OH excluding ortho intramolecular Hbond substituents is 1. The lowest BCUT2D eigenvalue weighted by Crippen LogP contribution is -2.07. The molecule has 0 radical (unpaired) electrons. The summed E-state index contributed by atoms with van der Waals surface area (Å²) < 4.78 is 0. The third kappa shape index (κ3) is 3.26. The van der Waals surface area contributed by atoms with Crippen LogP contribution in [0.1, 0.15) is 29.7 Å². The predicted octanol–water partition coefficient (Wildman–Crippen LogP) is 3.37. The van der Waals surface area contributed by atoms with Crippen LogP contribution in [0.2, 0.25) is 0 Å². The lowest BCUT2D eigenvalue weighted by atomic mass is 10.0. The van der Waals surface area contributed by atoms with E-state index in [1.54, 1.807) is 6.07 Å². The molecule has 0 saturated heterocycles. The molecule has 1 unspecified atom stereocenters. The fourth-order valence-corrected chi connectivity index (χ4v) is 2.05. The number of aliphatic hydroxyl groups is 1. The summed E-state index contributed by atoms with van der Waals surface area (Å²) in [7, 11) is 0. The summed E-state index contributed by atoms with van der Waals surface area (Å²) in [4.78, 5) is 0. The topological polar surface area (TPSA) is 52.5 Å². The van der Waals surface area contributed by atoms with Crippen LogP contribution in [-0.4, -0.2) is 10.2 Å². The highest BCUT2D eigenvalue weighted by atomic mass is 16.3. The first kappa shape index (κ1) is 13.4. The van der Waals surface area contributed by atoms with Crippen molar-refractivity contribution >= 4 is 5.69 Å². The van der Waals surface area contributed by atoms with E-state index < -0.39 is 0 Å². The number of phenols is 1. The van der Waals surface area contributed by atoms with Gasteiger partial charge in [-0.3, -0.25) is 0 Å². The van der Waals surface area contributed by atoms with E-state index in [1.807, 2.05) is 50.2 Å². The van der Waals surface area contributed by atoms with Gasteiger partial charge < -0.3 is 15.5 Å². The number of hydrogen-bond donors (Lipinski definition) is 3. The molecule has 0 aliphatic carbocycles. The zero-order valence-electron chi connectivity index (χ0n) is 11.2. The maximum Gasteiger partial charge on any atom is 0.120 e. The van der Waals surface area contributed by atoms with Gasteiger partial charge in [0.15, 0.2) is 0 Å². The Morgan fingerprint density at radius 2 is 1.79 bits per heavy atom. The van der Waals surface area contributed by atoms with Crippen molar-refractivity contribution in [2.45, 2.75) is 26.5 Å².